The molecule has 0 bridgehead atoms. The maximum Gasteiger partial charge on any atom is 0.238 e. The normalized spacial score (nSPS) is 15.5. The van der Waals surface area contributed by atoms with Gasteiger partial charge in [0.05, 0.1) is 12.2 Å². The molecule has 2 aromatic rings. The lowest BCUT2D eigenvalue weighted by Gasteiger charge is -2.34. The number of carbonyl (C=O) groups is 2. The molecule has 1 amide bonds. The first-order valence-corrected chi connectivity index (χ1v) is 9.48. The van der Waals surface area contributed by atoms with E-state index < -0.39 is 0 Å². The first kappa shape index (κ1) is 19.5. The number of halogens is 1. The summed E-state index contributed by atoms with van der Waals surface area (Å²) in [7, 11) is 0. The first-order chi connectivity index (χ1) is 13.0. The van der Waals surface area contributed by atoms with Crippen LogP contribution in [0, 0.1) is 0 Å². The summed E-state index contributed by atoms with van der Waals surface area (Å²) in [5, 5.41) is 3.62. The van der Waals surface area contributed by atoms with Crippen molar-refractivity contribution in [1.29, 1.82) is 0 Å². The van der Waals surface area contributed by atoms with Gasteiger partial charge < -0.3 is 5.32 Å². The van der Waals surface area contributed by atoms with Crippen molar-refractivity contribution in [1.82, 2.24) is 9.80 Å². The van der Waals surface area contributed by atoms with Crippen LogP contribution in [-0.2, 0) is 11.3 Å². The van der Waals surface area contributed by atoms with E-state index in [1.54, 1.807) is 18.2 Å². The molecule has 0 spiro atoms. The second-order valence-electron chi connectivity index (χ2n) is 6.83. The van der Waals surface area contributed by atoms with Crippen molar-refractivity contribution >= 4 is 29.0 Å². The number of rotatable bonds is 6. The molecule has 0 radical (unpaired) electrons. The van der Waals surface area contributed by atoms with Gasteiger partial charge in [-0.25, -0.2) is 0 Å². The highest BCUT2D eigenvalue weighted by Gasteiger charge is 2.19. The monoisotopic (exact) mass is 385 g/mol. The van der Waals surface area contributed by atoms with Gasteiger partial charge >= 0.3 is 0 Å². The molecule has 1 fully saturated rings. The smallest absolute Gasteiger partial charge is 0.238 e. The Labute approximate surface area is 164 Å². The summed E-state index contributed by atoms with van der Waals surface area (Å²) in [6.45, 7) is 6.19. The Kier molecular flexibility index (Phi) is 6.61. The quantitative estimate of drug-likeness (QED) is 0.775. The first-order valence-electron chi connectivity index (χ1n) is 9.10. The number of piperazine rings is 1. The number of amides is 1. The van der Waals surface area contributed by atoms with Crippen LogP contribution < -0.4 is 5.32 Å². The molecular weight excluding hydrogens is 362 g/mol. The van der Waals surface area contributed by atoms with E-state index in [-0.39, 0.29) is 11.7 Å². The highest BCUT2D eigenvalue weighted by atomic mass is 35.5. The number of benzene rings is 2. The molecule has 0 atom stereocenters. The van der Waals surface area contributed by atoms with Gasteiger partial charge in [0, 0.05) is 43.3 Å². The second kappa shape index (κ2) is 9.13. The summed E-state index contributed by atoms with van der Waals surface area (Å²) in [4.78, 5) is 28.5. The van der Waals surface area contributed by atoms with E-state index in [0.717, 1.165) is 37.7 Å². The molecule has 5 nitrogen and oxygen atoms in total. The van der Waals surface area contributed by atoms with Crippen LogP contribution in [0.1, 0.15) is 22.8 Å². The van der Waals surface area contributed by atoms with E-state index in [4.69, 9.17) is 11.6 Å². The van der Waals surface area contributed by atoms with E-state index >= 15 is 0 Å². The molecule has 2 aromatic carbocycles. The fourth-order valence-electron chi connectivity index (χ4n) is 3.29. The lowest BCUT2D eigenvalue weighted by Crippen LogP contribution is -2.48. The van der Waals surface area contributed by atoms with Gasteiger partial charge in [-0.3, -0.25) is 19.4 Å². The van der Waals surface area contributed by atoms with Crippen LogP contribution >= 0.6 is 11.6 Å². The van der Waals surface area contributed by atoms with Crippen LogP contribution in [0.4, 0.5) is 5.69 Å². The molecule has 1 aliphatic rings. The average molecular weight is 386 g/mol. The zero-order valence-corrected chi connectivity index (χ0v) is 16.2. The third-order valence-electron chi connectivity index (χ3n) is 4.71. The Bertz CT molecular complexity index is 817. The number of nitrogens with one attached hydrogen (secondary N) is 1. The van der Waals surface area contributed by atoms with Gasteiger partial charge in [0.2, 0.25) is 5.91 Å². The highest BCUT2D eigenvalue weighted by Crippen LogP contribution is 2.16. The molecule has 1 aliphatic heterocycles. The number of hydrogen-bond acceptors (Lipinski definition) is 4. The summed E-state index contributed by atoms with van der Waals surface area (Å²) in [6, 6.07) is 15.0. The Balaban J connectivity index is 1.48. The minimum Gasteiger partial charge on any atom is -0.324 e. The molecule has 6 heteroatoms. The fraction of sp³-hybridized carbons (Fsp3) is 0.333. The number of nitrogens with zero attached hydrogens (tertiary/aromatic N) is 2. The van der Waals surface area contributed by atoms with Crippen molar-refractivity contribution in [3.05, 3.63) is 64.7 Å². The number of ketones is 1. The van der Waals surface area contributed by atoms with Gasteiger partial charge in [-0.05, 0) is 36.8 Å². The van der Waals surface area contributed by atoms with Gasteiger partial charge in [-0.1, -0.05) is 35.9 Å². The van der Waals surface area contributed by atoms with Crippen LogP contribution in [0.2, 0.25) is 5.02 Å². The van der Waals surface area contributed by atoms with Crippen molar-refractivity contribution in [3.63, 3.8) is 0 Å². The van der Waals surface area contributed by atoms with Crippen molar-refractivity contribution in [2.45, 2.75) is 13.5 Å². The molecule has 0 unspecified atom stereocenters. The van der Waals surface area contributed by atoms with Crippen LogP contribution in [0.25, 0.3) is 0 Å². The maximum absolute atomic E-state index is 12.4. The number of carbonyl (C=O) groups excluding carboxylic acids is 2. The summed E-state index contributed by atoms with van der Waals surface area (Å²) in [6.07, 6.45) is 0. The molecule has 0 saturated carbocycles. The van der Waals surface area contributed by atoms with E-state index in [1.165, 1.54) is 12.5 Å². The number of anilines is 1. The van der Waals surface area contributed by atoms with E-state index in [1.807, 2.05) is 24.3 Å². The van der Waals surface area contributed by atoms with Crippen LogP contribution in [0.3, 0.4) is 0 Å². The summed E-state index contributed by atoms with van der Waals surface area (Å²) >= 11 is 6.05. The second-order valence-corrected chi connectivity index (χ2v) is 7.27. The third-order valence-corrected chi connectivity index (χ3v) is 4.94. The van der Waals surface area contributed by atoms with E-state index in [0.29, 0.717) is 17.8 Å². The Morgan fingerprint density at radius 1 is 1.00 bits per heavy atom. The minimum atomic E-state index is -0.0907. The molecule has 1 heterocycles. The largest absolute Gasteiger partial charge is 0.324 e. The van der Waals surface area contributed by atoms with Gasteiger partial charge in [-0.15, -0.1) is 0 Å². The summed E-state index contributed by atoms with van der Waals surface area (Å²) in [5.74, 6) is -0.146. The molecule has 142 valence electrons. The maximum atomic E-state index is 12.4. The number of hydrogen-bond donors (Lipinski definition) is 1. The standard InChI is InChI=1S/C21H24ClN3O2/c1-16(26)19-7-2-3-8-20(19)23-21(27)15-25-11-9-24(10-12-25)14-17-5-4-6-18(22)13-17/h2-8,13H,9-12,14-15H2,1H3,(H,23,27). The van der Waals surface area contributed by atoms with Gasteiger partial charge in [0.15, 0.2) is 5.78 Å². The molecular formula is C21H24ClN3O2. The molecule has 0 aliphatic carbocycles. The number of Topliss-reactive ketones (excluding diaryl/α,β-unsaturated/α-hetero) is 1. The molecule has 0 aromatic heterocycles. The van der Waals surface area contributed by atoms with Gasteiger partial charge in [-0.2, -0.15) is 0 Å². The van der Waals surface area contributed by atoms with Crippen molar-refractivity contribution < 1.29 is 9.59 Å². The SMILES string of the molecule is CC(=O)c1ccccc1NC(=O)CN1CCN(Cc2cccc(Cl)c2)CC1. The molecule has 1 N–H and O–H groups in total. The zero-order chi connectivity index (χ0) is 19.2. The van der Waals surface area contributed by atoms with E-state index in [2.05, 4.69) is 21.2 Å². The van der Waals surface area contributed by atoms with Crippen molar-refractivity contribution in [3.8, 4) is 0 Å². The third kappa shape index (κ3) is 5.63. The predicted molar refractivity (Wildman–Crippen MR) is 108 cm³/mol. The zero-order valence-electron chi connectivity index (χ0n) is 15.5. The Morgan fingerprint density at radius 2 is 1.70 bits per heavy atom. The lowest BCUT2D eigenvalue weighted by atomic mass is 10.1. The lowest BCUT2D eigenvalue weighted by molar-refractivity contribution is -0.117. The fourth-order valence-corrected chi connectivity index (χ4v) is 3.50. The van der Waals surface area contributed by atoms with Crippen molar-refractivity contribution in [2.75, 3.05) is 38.0 Å². The van der Waals surface area contributed by atoms with Crippen LogP contribution in [-0.4, -0.2) is 54.2 Å². The summed E-state index contributed by atoms with van der Waals surface area (Å²) in [5.41, 5.74) is 2.32. The number of para-hydroxylation sites is 1. The topological polar surface area (TPSA) is 52.7 Å². The Morgan fingerprint density at radius 3 is 2.41 bits per heavy atom. The molecule has 3 rings (SSSR count). The van der Waals surface area contributed by atoms with E-state index in [9.17, 15) is 9.59 Å². The summed E-state index contributed by atoms with van der Waals surface area (Å²) < 4.78 is 0. The average Bonchev–Trinajstić information content (AvgIpc) is 2.63. The van der Waals surface area contributed by atoms with Crippen LogP contribution in [0.5, 0.6) is 0 Å². The van der Waals surface area contributed by atoms with Crippen molar-refractivity contribution in [2.24, 2.45) is 0 Å². The molecule has 1 saturated heterocycles. The molecule has 27 heavy (non-hydrogen) atoms. The minimum absolute atomic E-state index is 0.0551. The highest BCUT2D eigenvalue weighted by molar-refractivity contribution is 6.30. The van der Waals surface area contributed by atoms with Gasteiger partial charge in [0.25, 0.3) is 0 Å². The van der Waals surface area contributed by atoms with Gasteiger partial charge in [0.1, 0.15) is 0 Å². The van der Waals surface area contributed by atoms with Crippen LogP contribution in [0.15, 0.2) is 48.5 Å². The predicted octanol–water partition coefficient (Wildman–Crippen LogP) is 3.30. The Hall–Kier alpha value is -2.21.